The number of benzene rings is 2. The van der Waals surface area contributed by atoms with Crippen LogP contribution in [0.2, 0.25) is 0 Å². The summed E-state index contributed by atoms with van der Waals surface area (Å²) in [6.45, 7) is 0.438. The molecule has 0 unspecified atom stereocenters. The van der Waals surface area contributed by atoms with Gasteiger partial charge in [0.1, 0.15) is 0 Å². The van der Waals surface area contributed by atoms with E-state index in [9.17, 15) is 9.59 Å². The quantitative estimate of drug-likeness (QED) is 0.713. The molecule has 3 aromatic rings. The standard InChI is InChI=1S/C18H16N4O3/c19-16(23)13-4-1-3-12(9-13)7-8-20-18(24)15-6-2-5-14(10-15)17-21-11-25-22-17/h1-6,9-11H,7-8H2,(H2,19,23)(H,20,24). The molecule has 1 aromatic heterocycles. The Morgan fingerprint density at radius 3 is 2.64 bits per heavy atom. The van der Waals surface area contributed by atoms with E-state index in [1.54, 1.807) is 42.5 Å². The second-order valence-corrected chi connectivity index (χ2v) is 5.41. The van der Waals surface area contributed by atoms with Crippen molar-refractivity contribution in [2.45, 2.75) is 6.42 Å². The summed E-state index contributed by atoms with van der Waals surface area (Å²) < 4.78 is 4.72. The Morgan fingerprint density at radius 2 is 1.88 bits per heavy atom. The number of amides is 2. The molecule has 2 aromatic carbocycles. The van der Waals surface area contributed by atoms with Gasteiger partial charge in [-0.15, -0.1) is 0 Å². The number of nitrogens with two attached hydrogens (primary N) is 1. The van der Waals surface area contributed by atoms with Crippen molar-refractivity contribution in [3.8, 4) is 11.4 Å². The number of hydrogen-bond acceptors (Lipinski definition) is 5. The number of hydrogen-bond donors (Lipinski definition) is 2. The molecule has 0 aliphatic rings. The van der Waals surface area contributed by atoms with E-state index in [0.717, 1.165) is 5.56 Å². The van der Waals surface area contributed by atoms with Crippen LogP contribution in [0.1, 0.15) is 26.3 Å². The summed E-state index contributed by atoms with van der Waals surface area (Å²) >= 11 is 0. The van der Waals surface area contributed by atoms with Crippen molar-refractivity contribution < 1.29 is 14.1 Å². The zero-order valence-corrected chi connectivity index (χ0v) is 13.3. The molecule has 0 saturated heterocycles. The molecule has 25 heavy (non-hydrogen) atoms. The Morgan fingerprint density at radius 1 is 1.08 bits per heavy atom. The van der Waals surface area contributed by atoms with Crippen LogP contribution in [0.3, 0.4) is 0 Å². The van der Waals surface area contributed by atoms with E-state index in [1.807, 2.05) is 6.07 Å². The third kappa shape index (κ3) is 4.08. The zero-order valence-electron chi connectivity index (χ0n) is 13.3. The molecule has 0 fully saturated rings. The zero-order chi connectivity index (χ0) is 17.6. The molecule has 0 atom stereocenters. The minimum absolute atomic E-state index is 0.198. The van der Waals surface area contributed by atoms with Gasteiger partial charge in [-0.05, 0) is 36.2 Å². The highest BCUT2D eigenvalue weighted by atomic mass is 16.5. The third-order valence-corrected chi connectivity index (χ3v) is 3.65. The lowest BCUT2D eigenvalue weighted by molar-refractivity contribution is 0.0952. The number of carbonyl (C=O) groups is 2. The predicted molar refractivity (Wildman–Crippen MR) is 90.7 cm³/mol. The van der Waals surface area contributed by atoms with E-state index in [4.69, 9.17) is 10.3 Å². The minimum Gasteiger partial charge on any atom is -0.366 e. The average molecular weight is 336 g/mol. The second kappa shape index (κ2) is 7.39. The summed E-state index contributed by atoms with van der Waals surface area (Å²) in [7, 11) is 0. The molecule has 0 saturated carbocycles. The number of nitrogens with one attached hydrogen (secondary N) is 1. The lowest BCUT2D eigenvalue weighted by atomic mass is 10.1. The molecule has 1 heterocycles. The maximum Gasteiger partial charge on any atom is 0.251 e. The van der Waals surface area contributed by atoms with E-state index in [1.165, 1.54) is 6.39 Å². The normalized spacial score (nSPS) is 10.4. The molecule has 7 nitrogen and oxygen atoms in total. The van der Waals surface area contributed by atoms with Crippen LogP contribution in [-0.4, -0.2) is 28.5 Å². The van der Waals surface area contributed by atoms with Crippen molar-refractivity contribution in [1.82, 2.24) is 15.5 Å². The van der Waals surface area contributed by atoms with Crippen LogP contribution in [0.5, 0.6) is 0 Å². The highest BCUT2D eigenvalue weighted by molar-refractivity contribution is 5.95. The SMILES string of the molecule is NC(=O)c1cccc(CCNC(=O)c2cccc(-c3ncon3)c2)c1. The van der Waals surface area contributed by atoms with Gasteiger partial charge in [-0.2, -0.15) is 4.98 Å². The van der Waals surface area contributed by atoms with Gasteiger partial charge in [0.25, 0.3) is 5.91 Å². The van der Waals surface area contributed by atoms with Gasteiger partial charge >= 0.3 is 0 Å². The summed E-state index contributed by atoms with van der Waals surface area (Å²) in [6, 6.07) is 14.0. The molecular formula is C18H16N4O3. The Labute approximate surface area is 143 Å². The minimum atomic E-state index is -0.468. The van der Waals surface area contributed by atoms with Crippen molar-refractivity contribution in [2.75, 3.05) is 6.54 Å². The molecule has 0 aliphatic heterocycles. The highest BCUT2D eigenvalue weighted by Crippen LogP contribution is 2.16. The molecule has 0 aliphatic carbocycles. The van der Waals surface area contributed by atoms with E-state index in [-0.39, 0.29) is 5.91 Å². The van der Waals surface area contributed by atoms with Crippen LogP contribution < -0.4 is 11.1 Å². The van der Waals surface area contributed by atoms with E-state index in [2.05, 4.69) is 15.5 Å². The Bertz CT molecular complexity index is 891. The van der Waals surface area contributed by atoms with Gasteiger partial charge in [-0.3, -0.25) is 9.59 Å². The van der Waals surface area contributed by atoms with Crippen LogP contribution in [-0.2, 0) is 6.42 Å². The summed E-state index contributed by atoms with van der Waals surface area (Å²) in [5.41, 5.74) is 7.86. The number of aromatic nitrogens is 2. The van der Waals surface area contributed by atoms with Crippen LogP contribution in [0.15, 0.2) is 59.4 Å². The summed E-state index contributed by atoms with van der Waals surface area (Å²) in [5.74, 6) is -0.238. The van der Waals surface area contributed by atoms with Crippen molar-refractivity contribution in [1.29, 1.82) is 0 Å². The fraction of sp³-hybridized carbons (Fsp3) is 0.111. The Hall–Kier alpha value is -3.48. The molecule has 0 spiro atoms. The number of primary amides is 1. The van der Waals surface area contributed by atoms with Crippen LogP contribution >= 0.6 is 0 Å². The molecule has 3 rings (SSSR count). The first-order valence-electron chi connectivity index (χ1n) is 7.67. The van der Waals surface area contributed by atoms with E-state index in [0.29, 0.717) is 35.5 Å². The third-order valence-electron chi connectivity index (χ3n) is 3.65. The number of nitrogens with zero attached hydrogens (tertiary/aromatic N) is 2. The topological polar surface area (TPSA) is 111 Å². The molecule has 2 amide bonds. The molecule has 0 radical (unpaired) electrons. The van der Waals surface area contributed by atoms with Gasteiger partial charge in [0.15, 0.2) is 0 Å². The fourth-order valence-electron chi connectivity index (χ4n) is 2.40. The van der Waals surface area contributed by atoms with Gasteiger partial charge in [-0.1, -0.05) is 29.4 Å². The lowest BCUT2D eigenvalue weighted by Gasteiger charge is -2.07. The maximum absolute atomic E-state index is 12.3. The van der Waals surface area contributed by atoms with Gasteiger partial charge in [0.05, 0.1) is 0 Å². The second-order valence-electron chi connectivity index (χ2n) is 5.41. The monoisotopic (exact) mass is 336 g/mol. The van der Waals surface area contributed by atoms with Crippen molar-refractivity contribution in [3.05, 3.63) is 71.6 Å². The first kappa shape index (κ1) is 16.4. The average Bonchev–Trinajstić information content (AvgIpc) is 3.17. The van der Waals surface area contributed by atoms with Gasteiger partial charge in [0, 0.05) is 23.2 Å². The Balaban J connectivity index is 1.61. The summed E-state index contributed by atoms with van der Waals surface area (Å²) in [6.07, 6.45) is 1.83. The maximum atomic E-state index is 12.3. The molecule has 7 heteroatoms. The van der Waals surface area contributed by atoms with Crippen molar-refractivity contribution in [3.63, 3.8) is 0 Å². The first-order valence-corrected chi connectivity index (χ1v) is 7.67. The fourth-order valence-corrected chi connectivity index (χ4v) is 2.40. The van der Waals surface area contributed by atoms with Crippen molar-refractivity contribution >= 4 is 11.8 Å². The lowest BCUT2D eigenvalue weighted by Crippen LogP contribution is -2.25. The summed E-state index contributed by atoms with van der Waals surface area (Å²) in [4.78, 5) is 27.4. The molecule has 0 bridgehead atoms. The van der Waals surface area contributed by atoms with Crippen LogP contribution in [0.4, 0.5) is 0 Å². The van der Waals surface area contributed by atoms with E-state index >= 15 is 0 Å². The van der Waals surface area contributed by atoms with Crippen LogP contribution in [0.25, 0.3) is 11.4 Å². The Kier molecular flexibility index (Phi) is 4.84. The molecular weight excluding hydrogens is 320 g/mol. The van der Waals surface area contributed by atoms with E-state index < -0.39 is 5.91 Å². The number of rotatable bonds is 6. The highest BCUT2D eigenvalue weighted by Gasteiger charge is 2.09. The van der Waals surface area contributed by atoms with Gasteiger partial charge in [-0.25, -0.2) is 0 Å². The first-order chi connectivity index (χ1) is 12.1. The largest absolute Gasteiger partial charge is 0.366 e. The predicted octanol–water partition coefficient (Wildman–Crippen LogP) is 1.81. The van der Waals surface area contributed by atoms with Crippen LogP contribution in [0, 0.1) is 0 Å². The van der Waals surface area contributed by atoms with Gasteiger partial charge < -0.3 is 15.6 Å². The van der Waals surface area contributed by atoms with Gasteiger partial charge in [0.2, 0.25) is 18.1 Å². The number of carbonyl (C=O) groups excluding carboxylic acids is 2. The molecule has 3 N–H and O–H groups in total. The molecule has 126 valence electrons. The summed E-state index contributed by atoms with van der Waals surface area (Å²) in [5, 5.41) is 6.60. The van der Waals surface area contributed by atoms with Crippen molar-refractivity contribution in [2.24, 2.45) is 5.73 Å². The smallest absolute Gasteiger partial charge is 0.251 e.